The minimum atomic E-state index is 1.33. The van der Waals surface area contributed by atoms with Gasteiger partial charge in [-0.05, 0) is 226 Å². The summed E-state index contributed by atoms with van der Waals surface area (Å²) in [7, 11) is 0. The molecule has 14 aromatic carbocycles. The van der Waals surface area contributed by atoms with Crippen LogP contribution >= 0.6 is 0 Å². The van der Waals surface area contributed by atoms with Crippen LogP contribution in [0.1, 0.15) is 33.4 Å². The molecule has 268 valence electrons. The molecule has 0 aliphatic heterocycles. The predicted octanol–water partition coefficient (Wildman–Crippen LogP) is 16.8. The van der Waals surface area contributed by atoms with Gasteiger partial charge in [0.2, 0.25) is 0 Å². The van der Waals surface area contributed by atoms with Gasteiger partial charge in [-0.3, -0.25) is 0 Å². The third-order valence-electron chi connectivity index (χ3n) is 15.9. The molecule has 0 N–H and O–H groups in total. The van der Waals surface area contributed by atoms with Gasteiger partial charge in [0.05, 0.1) is 0 Å². The lowest BCUT2D eigenvalue weighted by atomic mass is 9.83. The number of benzene rings is 12. The maximum atomic E-state index is 2.46. The van der Waals surface area contributed by atoms with E-state index in [1.165, 1.54) is 185 Å². The second kappa shape index (κ2) is 9.50. The monoisotopic (exact) mass is 732 g/mol. The molecular weight excluding hydrogens is 697 g/mol. The lowest BCUT2D eigenvalue weighted by Crippen LogP contribution is -1.96. The second-order valence-corrected chi connectivity index (χ2v) is 17.9. The van der Waals surface area contributed by atoms with Crippen molar-refractivity contribution in [1.82, 2.24) is 0 Å². The highest BCUT2D eigenvalue weighted by Gasteiger charge is 2.30. The first-order chi connectivity index (χ1) is 28.3. The van der Waals surface area contributed by atoms with Gasteiger partial charge < -0.3 is 0 Å². The van der Waals surface area contributed by atoms with Crippen LogP contribution in [0.15, 0.2) is 109 Å². The molecule has 0 aromatic heterocycles. The molecule has 0 fully saturated rings. The first kappa shape index (κ1) is 30.4. The molecule has 0 bridgehead atoms. The maximum absolute atomic E-state index is 2.46. The molecular formula is C58H36. The number of fused-ring (bicyclic) bond motifs is 13. The average molecular weight is 733 g/mol. The van der Waals surface area contributed by atoms with Crippen LogP contribution in [0.3, 0.4) is 0 Å². The third kappa shape index (κ3) is 3.01. The molecule has 0 unspecified atom stereocenters. The molecule has 0 heterocycles. The summed E-state index contributed by atoms with van der Waals surface area (Å²) in [6, 6.07) is 43.1. The molecule has 0 saturated heterocycles. The van der Waals surface area contributed by atoms with Crippen molar-refractivity contribution in [2.75, 3.05) is 0 Å². The highest BCUT2D eigenvalue weighted by molar-refractivity contribution is 6.48. The number of aryl methyl sites for hydroxylation is 2. The van der Waals surface area contributed by atoms with Crippen molar-refractivity contribution < 1.29 is 0 Å². The minimum Gasteiger partial charge on any atom is -0.0610 e. The quantitative estimate of drug-likeness (QED) is 0.108. The van der Waals surface area contributed by atoms with E-state index >= 15 is 0 Å². The van der Waals surface area contributed by atoms with Gasteiger partial charge in [0.25, 0.3) is 0 Å². The summed E-state index contributed by atoms with van der Waals surface area (Å²) >= 11 is 0. The summed E-state index contributed by atoms with van der Waals surface area (Å²) in [6.07, 6.45) is 0. The normalized spacial score (nSPS) is 13.3. The van der Waals surface area contributed by atoms with Crippen LogP contribution in [0.25, 0.3) is 152 Å². The summed E-state index contributed by atoms with van der Waals surface area (Å²) in [4.78, 5) is 0. The van der Waals surface area contributed by atoms with E-state index in [0.717, 1.165) is 0 Å². The van der Waals surface area contributed by atoms with Crippen molar-refractivity contribution in [2.24, 2.45) is 0 Å². The Bertz CT molecular complexity index is 4030. The molecule has 1 aliphatic rings. The molecule has 0 amide bonds. The standard InChI is InChI=1S/C58H36/c1-25-26(2)28(4)47-43-22-18-37-33-14-16-35-39-20-24-45-51-30(6)49-41-12-8-10-31-9-7-11-40(52(31)41)48(49)29(5)50(51)44-23-19-38(56(39)58(44)45)34-15-13-32(53(33)54(34)35)36-17-21-42(46(47)27(25)3)57(43)55(36)37/h7-24H,1-6H3. The smallest absolute Gasteiger partial charge is 0.00137 e. The number of rotatable bonds is 0. The summed E-state index contributed by atoms with van der Waals surface area (Å²) in [5, 5.41) is 33.4. The predicted molar refractivity (Wildman–Crippen MR) is 254 cm³/mol. The Hall–Kier alpha value is -6.76. The van der Waals surface area contributed by atoms with Gasteiger partial charge in [-0.15, -0.1) is 0 Å². The Balaban J connectivity index is 1.09. The Labute approximate surface area is 334 Å². The van der Waals surface area contributed by atoms with Crippen molar-refractivity contribution >= 4 is 129 Å². The van der Waals surface area contributed by atoms with E-state index in [-0.39, 0.29) is 0 Å². The molecule has 0 nitrogen and oxygen atoms in total. The van der Waals surface area contributed by atoms with Crippen molar-refractivity contribution in [3.05, 3.63) is 143 Å². The van der Waals surface area contributed by atoms with Gasteiger partial charge in [0.15, 0.2) is 0 Å². The van der Waals surface area contributed by atoms with Crippen LogP contribution in [-0.2, 0) is 0 Å². The lowest BCUT2D eigenvalue weighted by Gasteiger charge is -2.20. The van der Waals surface area contributed by atoms with E-state index in [1.54, 1.807) is 0 Å². The van der Waals surface area contributed by atoms with Crippen LogP contribution in [0, 0.1) is 41.5 Å². The number of hydrogen-bond donors (Lipinski definition) is 0. The summed E-state index contributed by atoms with van der Waals surface area (Å²) < 4.78 is 0. The largest absolute Gasteiger partial charge is 0.0610 e. The molecule has 0 spiro atoms. The van der Waals surface area contributed by atoms with Gasteiger partial charge in [0, 0.05) is 0 Å². The fourth-order valence-electron chi connectivity index (χ4n) is 13.2. The molecule has 1 aliphatic carbocycles. The van der Waals surface area contributed by atoms with E-state index < -0.39 is 0 Å². The third-order valence-corrected chi connectivity index (χ3v) is 15.9. The Morgan fingerprint density at radius 2 is 0.500 bits per heavy atom. The van der Waals surface area contributed by atoms with Gasteiger partial charge >= 0.3 is 0 Å². The van der Waals surface area contributed by atoms with E-state index in [2.05, 4.69) is 151 Å². The molecule has 0 saturated carbocycles. The van der Waals surface area contributed by atoms with Crippen molar-refractivity contribution in [1.29, 1.82) is 0 Å². The molecule has 14 aromatic rings. The minimum absolute atomic E-state index is 1.33. The molecule has 0 atom stereocenters. The fourth-order valence-corrected chi connectivity index (χ4v) is 13.2. The fraction of sp³-hybridized carbons (Fsp3) is 0.103. The van der Waals surface area contributed by atoms with E-state index in [0.29, 0.717) is 0 Å². The molecule has 0 heteroatoms. The van der Waals surface area contributed by atoms with Gasteiger partial charge in [-0.25, -0.2) is 0 Å². The van der Waals surface area contributed by atoms with Crippen LogP contribution in [-0.4, -0.2) is 0 Å². The van der Waals surface area contributed by atoms with Crippen molar-refractivity contribution in [3.63, 3.8) is 0 Å². The Morgan fingerprint density at radius 1 is 0.207 bits per heavy atom. The zero-order valence-corrected chi connectivity index (χ0v) is 33.4. The zero-order valence-electron chi connectivity index (χ0n) is 33.4. The number of hydrogen-bond acceptors (Lipinski definition) is 0. The van der Waals surface area contributed by atoms with Crippen molar-refractivity contribution in [2.45, 2.75) is 41.5 Å². The van der Waals surface area contributed by atoms with Crippen LogP contribution in [0.5, 0.6) is 0 Å². The SMILES string of the molecule is Cc1c(C)c(C)c2c(c1C)-c1ccc3c4ccc5c6ccc7c8c(C)c9c%10cccc%11cccc(c9c(C)c8c8ccc(c9ccc(c%12ccc-2c1c3%12)c4c59)c6c78)c%11%10. The highest BCUT2D eigenvalue weighted by atomic mass is 14.3. The zero-order chi connectivity index (χ0) is 38.4. The second-order valence-electron chi connectivity index (χ2n) is 17.9. The molecule has 15 rings (SSSR count). The van der Waals surface area contributed by atoms with Crippen molar-refractivity contribution in [3.8, 4) is 22.3 Å². The Morgan fingerprint density at radius 3 is 0.879 bits per heavy atom. The maximum Gasteiger partial charge on any atom is -0.00137 e. The average Bonchev–Trinajstić information content (AvgIpc) is 3.91. The van der Waals surface area contributed by atoms with Gasteiger partial charge in [-0.2, -0.15) is 0 Å². The van der Waals surface area contributed by atoms with E-state index in [9.17, 15) is 0 Å². The van der Waals surface area contributed by atoms with Gasteiger partial charge in [0.1, 0.15) is 0 Å². The van der Waals surface area contributed by atoms with Crippen LogP contribution in [0.2, 0.25) is 0 Å². The van der Waals surface area contributed by atoms with Gasteiger partial charge in [-0.1, -0.05) is 109 Å². The molecule has 0 radical (unpaired) electrons. The first-order valence-corrected chi connectivity index (χ1v) is 21.0. The topological polar surface area (TPSA) is 0 Å². The first-order valence-electron chi connectivity index (χ1n) is 21.0. The summed E-state index contributed by atoms with van der Waals surface area (Å²) in [6.45, 7) is 14.0. The summed E-state index contributed by atoms with van der Waals surface area (Å²) in [5.41, 5.74) is 14.2. The Kier molecular flexibility index (Phi) is 4.98. The summed E-state index contributed by atoms with van der Waals surface area (Å²) in [5.74, 6) is 0. The highest BCUT2D eigenvalue weighted by Crippen LogP contribution is 2.57. The lowest BCUT2D eigenvalue weighted by molar-refractivity contribution is 1.23. The van der Waals surface area contributed by atoms with Crippen LogP contribution in [0.4, 0.5) is 0 Å². The van der Waals surface area contributed by atoms with Crippen LogP contribution < -0.4 is 0 Å². The molecule has 58 heavy (non-hydrogen) atoms. The van der Waals surface area contributed by atoms with E-state index in [4.69, 9.17) is 0 Å². The van der Waals surface area contributed by atoms with E-state index in [1.807, 2.05) is 0 Å².